The van der Waals surface area contributed by atoms with Crippen LogP contribution in [0.2, 0.25) is 0 Å². The molecular weight excluding hydrogens is 402 g/mol. The van der Waals surface area contributed by atoms with Gasteiger partial charge in [0.2, 0.25) is 0 Å². The molecule has 1 fully saturated rings. The molecule has 0 spiro atoms. The number of nitro benzene ring substituents is 1. The van der Waals surface area contributed by atoms with E-state index < -0.39 is 0 Å². The molecule has 2 aromatic rings. The number of hydrogen-bond acceptors (Lipinski definition) is 5. The summed E-state index contributed by atoms with van der Waals surface area (Å²) in [5, 5.41) is 11.2. The number of carbonyl (C=O) groups is 1. The number of ether oxygens (including phenoxy) is 1. The first-order chi connectivity index (χ1) is 12.5. The predicted octanol–water partition coefficient (Wildman–Crippen LogP) is 3.08. The molecule has 0 aromatic heterocycles. The van der Waals surface area contributed by atoms with Crippen LogP contribution in [0.5, 0.6) is 5.75 Å². The second-order valence-electron chi connectivity index (χ2n) is 5.86. The summed E-state index contributed by atoms with van der Waals surface area (Å²) >= 11 is 3.36. The standard InChI is InChI=1S/C18H18BrN3O4/c19-14-4-3-5-15(12-14)26-13-18(23)21-10-8-20(9-11-21)16-6-1-2-7-17(16)22(24)25/h1-7,12H,8-11,13H2. The molecule has 0 N–H and O–H groups in total. The van der Waals surface area contributed by atoms with E-state index in [0.29, 0.717) is 37.6 Å². The highest BCUT2D eigenvalue weighted by Crippen LogP contribution is 2.28. The molecule has 0 saturated carbocycles. The van der Waals surface area contributed by atoms with Gasteiger partial charge in [0.15, 0.2) is 6.61 Å². The van der Waals surface area contributed by atoms with Crippen LogP contribution in [-0.2, 0) is 4.79 Å². The number of piperazine rings is 1. The van der Waals surface area contributed by atoms with Gasteiger partial charge in [0.25, 0.3) is 11.6 Å². The van der Waals surface area contributed by atoms with Crippen LogP contribution in [0.4, 0.5) is 11.4 Å². The molecule has 1 saturated heterocycles. The Morgan fingerprint density at radius 3 is 2.54 bits per heavy atom. The van der Waals surface area contributed by atoms with Gasteiger partial charge in [-0.25, -0.2) is 0 Å². The minimum atomic E-state index is -0.376. The summed E-state index contributed by atoms with van der Waals surface area (Å²) in [6.45, 7) is 2.09. The summed E-state index contributed by atoms with van der Waals surface area (Å²) in [6.07, 6.45) is 0. The highest BCUT2D eigenvalue weighted by Gasteiger charge is 2.25. The molecule has 1 aliphatic heterocycles. The van der Waals surface area contributed by atoms with E-state index in [1.807, 2.05) is 17.0 Å². The molecule has 1 heterocycles. The summed E-state index contributed by atoms with van der Waals surface area (Å²) in [5.74, 6) is 0.540. The summed E-state index contributed by atoms with van der Waals surface area (Å²) < 4.78 is 6.43. The molecule has 2 aromatic carbocycles. The zero-order chi connectivity index (χ0) is 18.5. The van der Waals surface area contributed by atoms with Gasteiger partial charge < -0.3 is 14.5 Å². The average Bonchev–Trinajstić information content (AvgIpc) is 2.66. The number of halogens is 1. The van der Waals surface area contributed by atoms with Crippen molar-refractivity contribution in [1.29, 1.82) is 0 Å². The van der Waals surface area contributed by atoms with E-state index in [-0.39, 0.29) is 23.1 Å². The van der Waals surface area contributed by atoms with Crippen molar-refractivity contribution in [3.05, 3.63) is 63.1 Å². The van der Waals surface area contributed by atoms with Gasteiger partial charge in [0, 0.05) is 36.7 Å². The normalized spacial score (nSPS) is 14.2. The SMILES string of the molecule is O=C(COc1cccc(Br)c1)N1CCN(c2ccccc2[N+](=O)[O-])CC1. The molecule has 0 bridgehead atoms. The Hall–Kier alpha value is -2.61. The summed E-state index contributed by atoms with van der Waals surface area (Å²) in [5.41, 5.74) is 0.681. The molecule has 0 aliphatic carbocycles. The molecular formula is C18H18BrN3O4. The van der Waals surface area contributed by atoms with E-state index in [1.165, 1.54) is 6.07 Å². The lowest BCUT2D eigenvalue weighted by Gasteiger charge is -2.35. The maximum absolute atomic E-state index is 12.3. The van der Waals surface area contributed by atoms with Gasteiger partial charge in [-0.05, 0) is 24.3 Å². The van der Waals surface area contributed by atoms with Crippen molar-refractivity contribution in [2.75, 3.05) is 37.7 Å². The number of anilines is 1. The monoisotopic (exact) mass is 419 g/mol. The zero-order valence-corrected chi connectivity index (χ0v) is 15.6. The van der Waals surface area contributed by atoms with Gasteiger partial charge in [-0.15, -0.1) is 0 Å². The van der Waals surface area contributed by atoms with Crippen LogP contribution in [0.15, 0.2) is 53.0 Å². The maximum Gasteiger partial charge on any atom is 0.292 e. The second-order valence-corrected chi connectivity index (χ2v) is 6.78. The number of benzene rings is 2. The first-order valence-electron chi connectivity index (χ1n) is 8.19. The van der Waals surface area contributed by atoms with Crippen molar-refractivity contribution in [3.63, 3.8) is 0 Å². The third-order valence-electron chi connectivity index (χ3n) is 4.21. The molecule has 3 rings (SSSR count). The molecule has 0 unspecified atom stereocenters. The van der Waals surface area contributed by atoms with Gasteiger partial charge >= 0.3 is 0 Å². The Morgan fingerprint density at radius 1 is 1.12 bits per heavy atom. The van der Waals surface area contributed by atoms with Crippen molar-refractivity contribution < 1.29 is 14.5 Å². The number of para-hydroxylation sites is 2. The van der Waals surface area contributed by atoms with Crippen molar-refractivity contribution >= 4 is 33.2 Å². The minimum Gasteiger partial charge on any atom is -0.484 e. The largest absolute Gasteiger partial charge is 0.484 e. The molecule has 0 atom stereocenters. The molecule has 26 heavy (non-hydrogen) atoms. The summed E-state index contributed by atoms with van der Waals surface area (Å²) in [7, 11) is 0. The number of amides is 1. The van der Waals surface area contributed by atoms with E-state index in [0.717, 1.165) is 4.47 Å². The Balaban J connectivity index is 1.55. The van der Waals surface area contributed by atoms with Gasteiger partial charge in [-0.1, -0.05) is 34.1 Å². The predicted molar refractivity (Wildman–Crippen MR) is 102 cm³/mol. The Morgan fingerprint density at radius 2 is 1.85 bits per heavy atom. The van der Waals surface area contributed by atoms with Crippen LogP contribution in [0, 0.1) is 10.1 Å². The van der Waals surface area contributed by atoms with E-state index in [9.17, 15) is 14.9 Å². The van der Waals surface area contributed by atoms with Crippen molar-refractivity contribution in [1.82, 2.24) is 4.90 Å². The maximum atomic E-state index is 12.3. The summed E-state index contributed by atoms with van der Waals surface area (Å²) in [6, 6.07) is 14.0. The molecule has 8 heteroatoms. The van der Waals surface area contributed by atoms with Crippen LogP contribution in [-0.4, -0.2) is 48.5 Å². The zero-order valence-electron chi connectivity index (χ0n) is 14.0. The Bertz CT molecular complexity index is 807. The quantitative estimate of drug-likeness (QED) is 0.549. The van der Waals surface area contributed by atoms with Crippen LogP contribution < -0.4 is 9.64 Å². The molecule has 136 valence electrons. The van der Waals surface area contributed by atoms with Crippen molar-refractivity contribution in [3.8, 4) is 5.75 Å². The summed E-state index contributed by atoms with van der Waals surface area (Å²) in [4.78, 5) is 26.8. The van der Waals surface area contributed by atoms with Crippen LogP contribution in [0.25, 0.3) is 0 Å². The van der Waals surface area contributed by atoms with Gasteiger partial charge in [0.05, 0.1) is 4.92 Å². The first kappa shape index (κ1) is 18.2. The van der Waals surface area contributed by atoms with Crippen molar-refractivity contribution in [2.45, 2.75) is 0 Å². The smallest absolute Gasteiger partial charge is 0.292 e. The lowest BCUT2D eigenvalue weighted by atomic mass is 10.2. The Labute approximate surface area is 159 Å². The molecule has 0 radical (unpaired) electrons. The number of hydrogen-bond donors (Lipinski definition) is 0. The van der Waals surface area contributed by atoms with Crippen LogP contribution >= 0.6 is 15.9 Å². The van der Waals surface area contributed by atoms with E-state index >= 15 is 0 Å². The Kier molecular flexibility index (Phi) is 5.72. The minimum absolute atomic E-state index is 0.0259. The van der Waals surface area contributed by atoms with E-state index in [2.05, 4.69) is 15.9 Å². The molecule has 1 aliphatic rings. The number of nitrogens with zero attached hydrogens (tertiary/aromatic N) is 3. The van der Waals surface area contributed by atoms with E-state index in [1.54, 1.807) is 35.2 Å². The lowest BCUT2D eigenvalue weighted by molar-refractivity contribution is -0.384. The molecule has 1 amide bonds. The number of carbonyl (C=O) groups excluding carboxylic acids is 1. The second kappa shape index (κ2) is 8.18. The van der Waals surface area contributed by atoms with Crippen LogP contribution in [0.1, 0.15) is 0 Å². The van der Waals surface area contributed by atoms with Gasteiger partial charge in [-0.3, -0.25) is 14.9 Å². The third kappa shape index (κ3) is 4.32. The fraction of sp³-hybridized carbons (Fsp3) is 0.278. The highest BCUT2D eigenvalue weighted by molar-refractivity contribution is 9.10. The van der Waals surface area contributed by atoms with Gasteiger partial charge in [-0.2, -0.15) is 0 Å². The number of nitro groups is 1. The topological polar surface area (TPSA) is 75.9 Å². The first-order valence-corrected chi connectivity index (χ1v) is 8.98. The van der Waals surface area contributed by atoms with Gasteiger partial charge in [0.1, 0.15) is 11.4 Å². The third-order valence-corrected chi connectivity index (χ3v) is 4.70. The van der Waals surface area contributed by atoms with E-state index in [4.69, 9.17) is 4.74 Å². The average molecular weight is 420 g/mol. The lowest BCUT2D eigenvalue weighted by Crippen LogP contribution is -2.50. The molecule has 7 nitrogen and oxygen atoms in total. The fourth-order valence-electron chi connectivity index (χ4n) is 2.88. The van der Waals surface area contributed by atoms with Crippen LogP contribution in [0.3, 0.4) is 0 Å². The highest BCUT2D eigenvalue weighted by atomic mass is 79.9. The number of rotatable bonds is 5. The van der Waals surface area contributed by atoms with Crippen molar-refractivity contribution in [2.24, 2.45) is 0 Å². The fourth-order valence-corrected chi connectivity index (χ4v) is 3.25.